The van der Waals surface area contributed by atoms with Gasteiger partial charge in [-0.3, -0.25) is 4.55 Å². The molecule has 1 aromatic rings. The third-order valence-electron chi connectivity index (χ3n) is 1.63. The van der Waals surface area contributed by atoms with Crippen molar-refractivity contribution in [2.45, 2.75) is 0 Å². The maximum absolute atomic E-state index is 10.3. The zero-order chi connectivity index (χ0) is 11.5. The maximum atomic E-state index is 10.3. The van der Waals surface area contributed by atoms with Crippen molar-refractivity contribution >= 4 is 51.2 Å². The molecule has 83 valence electrons. The molecule has 0 aromatic heterocycles. The first-order valence-electron chi connectivity index (χ1n) is 4.06. The molecule has 1 rings (SSSR count). The van der Waals surface area contributed by atoms with E-state index in [1.165, 1.54) is 0 Å². The van der Waals surface area contributed by atoms with Crippen molar-refractivity contribution < 1.29 is 13.0 Å². The molecule has 0 heterocycles. The average Bonchev–Trinajstić information content (AvgIpc) is 2.14. The fourth-order valence-corrected chi connectivity index (χ4v) is 1.11. The van der Waals surface area contributed by atoms with Crippen LogP contribution in [0.2, 0.25) is 0 Å². The number of benzene rings is 1. The van der Waals surface area contributed by atoms with Crippen molar-refractivity contribution in [1.29, 1.82) is 0 Å². The van der Waals surface area contributed by atoms with Gasteiger partial charge in [-0.25, -0.2) is 0 Å². The quantitative estimate of drug-likeness (QED) is 0.498. The van der Waals surface area contributed by atoms with Crippen molar-refractivity contribution in [3.05, 3.63) is 24.3 Å². The molecular weight excluding hydrogens is 241 g/mol. The van der Waals surface area contributed by atoms with E-state index in [1.807, 2.05) is 19.0 Å². The van der Waals surface area contributed by atoms with E-state index in [4.69, 9.17) is 4.55 Å². The molecule has 0 saturated heterocycles. The van der Waals surface area contributed by atoms with Gasteiger partial charge < -0.3 is 4.90 Å². The summed E-state index contributed by atoms with van der Waals surface area (Å²) in [6.07, 6.45) is 0. The minimum absolute atomic E-state index is 0. The molecule has 1 aromatic carbocycles. The molecular formula is C8H11N3NaO3S. The van der Waals surface area contributed by atoms with Gasteiger partial charge in [0, 0.05) is 49.3 Å². The molecule has 0 bridgehead atoms. The minimum Gasteiger partial charge on any atom is -0.378 e. The van der Waals surface area contributed by atoms with Crippen molar-refractivity contribution in [2.24, 2.45) is 9.63 Å². The normalized spacial score (nSPS) is 11.2. The molecule has 0 fully saturated rings. The Kier molecular flexibility index (Phi) is 6.13. The van der Waals surface area contributed by atoms with Gasteiger partial charge in [-0.1, -0.05) is 0 Å². The summed E-state index contributed by atoms with van der Waals surface area (Å²) in [4.78, 5) is 1.89. The smallest absolute Gasteiger partial charge is 0.378 e. The second-order valence-electron chi connectivity index (χ2n) is 3.04. The summed E-state index contributed by atoms with van der Waals surface area (Å²) in [5.41, 5.74) is 1.32. The van der Waals surface area contributed by atoms with Gasteiger partial charge in [0.2, 0.25) is 0 Å². The van der Waals surface area contributed by atoms with Gasteiger partial charge in [0.05, 0.1) is 5.69 Å². The molecule has 0 aliphatic rings. The van der Waals surface area contributed by atoms with E-state index in [9.17, 15) is 8.42 Å². The Morgan fingerprint density at radius 1 is 1.19 bits per heavy atom. The first-order valence-corrected chi connectivity index (χ1v) is 5.46. The molecule has 1 N–H and O–H groups in total. The van der Waals surface area contributed by atoms with Crippen molar-refractivity contribution in [3.63, 3.8) is 0 Å². The van der Waals surface area contributed by atoms with E-state index in [2.05, 4.69) is 9.63 Å². The summed E-state index contributed by atoms with van der Waals surface area (Å²) in [5, 5.41) is 3.35. The van der Waals surface area contributed by atoms with E-state index in [0.717, 1.165) is 5.69 Å². The first-order chi connectivity index (χ1) is 6.88. The predicted octanol–water partition coefficient (Wildman–Crippen LogP) is 1.26. The van der Waals surface area contributed by atoms with Crippen LogP contribution in [0, 0.1) is 0 Å². The standard InChI is InChI=1S/C8H11N3O3S.Na/c1-11(2)8-5-3-7(4-6-8)9-10-15(12,13)14;/h3-6H,1-2H3,(H,12,13,14);. The molecule has 8 heteroatoms. The van der Waals surface area contributed by atoms with Gasteiger partial charge in [0.15, 0.2) is 0 Å². The number of hydrogen-bond acceptors (Lipinski definition) is 4. The Morgan fingerprint density at radius 2 is 1.69 bits per heavy atom. The fraction of sp³-hybridized carbons (Fsp3) is 0.250. The Hall–Kier alpha value is -0.470. The predicted molar refractivity (Wildman–Crippen MR) is 62.6 cm³/mol. The number of rotatable bonds is 3. The summed E-state index contributed by atoms with van der Waals surface area (Å²) < 4.78 is 31.6. The topological polar surface area (TPSA) is 82.3 Å². The summed E-state index contributed by atoms with van der Waals surface area (Å²) >= 11 is 0. The summed E-state index contributed by atoms with van der Waals surface area (Å²) in [6.45, 7) is 0. The van der Waals surface area contributed by atoms with Crippen LogP contribution in [0.3, 0.4) is 0 Å². The van der Waals surface area contributed by atoms with E-state index in [1.54, 1.807) is 24.3 Å². The van der Waals surface area contributed by atoms with Crippen LogP contribution < -0.4 is 4.90 Å². The largest absolute Gasteiger partial charge is 0.396 e. The van der Waals surface area contributed by atoms with Crippen LogP contribution in [0.25, 0.3) is 0 Å². The molecule has 0 unspecified atom stereocenters. The van der Waals surface area contributed by atoms with Gasteiger partial charge in [-0.2, -0.15) is 8.42 Å². The minimum atomic E-state index is -4.40. The molecule has 0 saturated carbocycles. The van der Waals surface area contributed by atoms with Crippen LogP contribution >= 0.6 is 0 Å². The van der Waals surface area contributed by atoms with Gasteiger partial charge in [-0.05, 0) is 28.8 Å². The van der Waals surface area contributed by atoms with E-state index < -0.39 is 10.3 Å². The third-order valence-corrected chi connectivity index (χ3v) is 1.91. The molecule has 0 atom stereocenters. The summed E-state index contributed by atoms with van der Waals surface area (Å²) in [7, 11) is -0.634. The molecule has 0 amide bonds. The molecule has 0 aliphatic heterocycles. The zero-order valence-electron chi connectivity index (χ0n) is 9.32. The van der Waals surface area contributed by atoms with Crippen LogP contribution in [0.5, 0.6) is 0 Å². The van der Waals surface area contributed by atoms with E-state index >= 15 is 0 Å². The van der Waals surface area contributed by atoms with Gasteiger partial charge >= 0.3 is 10.3 Å². The van der Waals surface area contributed by atoms with Crippen molar-refractivity contribution in [2.75, 3.05) is 19.0 Å². The van der Waals surface area contributed by atoms with Crippen LogP contribution in [-0.2, 0) is 10.3 Å². The fourth-order valence-electron chi connectivity index (χ4n) is 0.916. The van der Waals surface area contributed by atoms with E-state index in [-0.39, 0.29) is 29.6 Å². The molecule has 1 radical (unpaired) electrons. The number of nitrogens with zero attached hydrogens (tertiary/aromatic N) is 3. The molecule has 0 aliphatic carbocycles. The van der Waals surface area contributed by atoms with Crippen LogP contribution in [-0.4, -0.2) is 56.6 Å². The van der Waals surface area contributed by atoms with Gasteiger partial charge in [0.1, 0.15) is 0 Å². The SMILES string of the molecule is CN(C)c1ccc(N=NS(=O)(=O)O)cc1.[Na]. The van der Waals surface area contributed by atoms with Crippen LogP contribution in [0.4, 0.5) is 11.4 Å². The Morgan fingerprint density at radius 3 is 2.06 bits per heavy atom. The first kappa shape index (κ1) is 15.5. The summed E-state index contributed by atoms with van der Waals surface area (Å²) in [5.74, 6) is 0. The Labute approximate surface area is 117 Å². The van der Waals surface area contributed by atoms with Crippen LogP contribution in [0.15, 0.2) is 33.9 Å². The van der Waals surface area contributed by atoms with Crippen molar-refractivity contribution in [3.8, 4) is 0 Å². The van der Waals surface area contributed by atoms with Crippen LogP contribution in [0.1, 0.15) is 0 Å². The number of hydrogen-bond donors (Lipinski definition) is 1. The molecule has 16 heavy (non-hydrogen) atoms. The van der Waals surface area contributed by atoms with Gasteiger partial charge in [-0.15, -0.1) is 5.11 Å². The second kappa shape index (κ2) is 6.31. The monoisotopic (exact) mass is 252 g/mol. The third kappa shape index (κ3) is 5.57. The summed E-state index contributed by atoms with van der Waals surface area (Å²) in [6, 6.07) is 6.73. The Balaban J connectivity index is 0.00000225. The average molecular weight is 252 g/mol. The van der Waals surface area contributed by atoms with E-state index in [0.29, 0.717) is 5.69 Å². The Bertz CT molecular complexity index is 456. The zero-order valence-corrected chi connectivity index (χ0v) is 12.1. The second-order valence-corrected chi connectivity index (χ2v) is 4.10. The molecule has 6 nitrogen and oxygen atoms in total. The van der Waals surface area contributed by atoms with Gasteiger partial charge in [0.25, 0.3) is 0 Å². The van der Waals surface area contributed by atoms with Crippen molar-refractivity contribution in [1.82, 2.24) is 0 Å². The molecule has 0 spiro atoms. The number of anilines is 1. The maximum Gasteiger partial charge on any atom is 0.396 e.